The van der Waals surface area contributed by atoms with Gasteiger partial charge in [-0.25, -0.2) is 9.07 Å². The molecule has 8 nitrogen and oxygen atoms in total. The summed E-state index contributed by atoms with van der Waals surface area (Å²) in [4.78, 5) is 25.8. The predicted octanol–water partition coefficient (Wildman–Crippen LogP) is 7.17. The van der Waals surface area contributed by atoms with E-state index in [2.05, 4.69) is 23.1 Å². The number of hydrogen-bond acceptors (Lipinski definition) is 4. The summed E-state index contributed by atoms with van der Waals surface area (Å²) in [6, 6.07) is 21.0. The van der Waals surface area contributed by atoms with Gasteiger partial charge in [0.05, 0.1) is 36.5 Å². The van der Waals surface area contributed by atoms with Crippen LogP contribution >= 0.6 is 11.6 Å². The largest absolute Gasteiger partial charge is 0.481 e. The number of H-pyrrole nitrogens is 1. The van der Waals surface area contributed by atoms with Crippen LogP contribution in [0.3, 0.4) is 0 Å². The van der Waals surface area contributed by atoms with Crippen molar-refractivity contribution >= 4 is 34.4 Å². The molecular formula is C33H31ClFN3O5. The van der Waals surface area contributed by atoms with E-state index in [1.165, 1.54) is 23.1 Å². The molecule has 0 spiro atoms. The standard InChI is InChI=1S/C17H12ClFN2O2.C16H19NO3/c18-12-3-1-11(2-4-12)15-10-21(20-16(15)9-17(22)23)14-7-5-13(19)6-8-14;1-2-8-16(10-14(18)19)15-12(7-9-20-16)11-5-3-4-6-13(11)17-15/h1-8,10H,9H2,(H,22,23);3-6,17H,2,7-10H2,1H3,(H,18,19). The van der Waals surface area contributed by atoms with Gasteiger partial charge in [-0.1, -0.05) is 55.3 Å². The number of benzene rings is 3. The lowest BCUT2D eigenvalue weighted by Gasteiger charge is -2.36. The van der Waals surface area contributed by atoms with Crippen LogP contribution in [0.2, 0.25) is 5.02 Å². The maximum atomic E-state index is 13.0. The van der Waals surface area contributed by atoms with Crippen LogP contribution in [0.25, 0.3) is 27.7 Å². The number of aromatic nitrogens is 3. The summed E-state index contributed by atoms with van der Waals surface area (Å²) < 4.78 is 20.5. The first-order chi connectivity index (χ1) is 20.7. The fourth-order valence-corrected chi connectivity index (χ4v) is 5.75. The number of aliphatic carboxylic acids is 2. The Morgan fingerprint density at radius 3 is 2.44 bits per heavy atom. The topological polar surface area (TPSA) is 117 Å². The lowest BCUT2D eigenvalue weighted by Crippen LogP contribution is -2.37. The number of ether oxygens (including phenoxy) is 1. The molecule has 1 aliphatic rings. The van der Waals surface area contributed by atoms with E-state index in [1.807, 2.05) is 18.2 Å². The minimum absolute atomic E-state index is 0.0145. The molecule has 0 fully saturated rings. The number of rotatable bonds is 8. The second-order valence-corrected chi connectivity index (χ2v) is 10.9. The van der Waals surface area contributed by atoms with E-state index < -0.39 is 17.5 Å². The molecule has 1 atom stereocenters. The number of halogens is 2. The van der Waals surface area contributed by atoms with Gasteiger partial charge in [-0.3, -0.25) is 9.59 Å². The van der Waals surface area contributed by atoms with E-state index in [-0.39, 0.29) is 18.7 Å². The number of hydrogen-bond donors (Lipinski definition) is 3. The van der Waals surface area contributed by atoms with Crippen LogP contribution < -0.4 is 0 Å². The zero-order valence-corrected chi connectivity index (χ0v) is 24.3. The zero-order valence-electron chi connectivity index (χ0n) is 23.5. The monoisotopic (exact) mass is 603 g/mol. The van der Waals surface area contributed by atoms with Gasteiger partial charge < -0.3 is 19.9 Å². The number of nitrogens with one attached hydrogen (secondary N) is 1. The molecule has 43 heavy (non-hydrogen) atoms. The SMILES string of the molecule is CCCC1(CC(=O)O)OCCc2c1[nH]c1ccccc21.O=C(O)Cc1nn(-c2ccc(F)cc2)cc1-c1ccc(Cl)cc1. The molecule has 5 aromatic rings. The molecule has 1 aliphatic heterocycles. The second kappa shape index (κ2) is 12.8. The van der Waals surface area contributed by atoms with E-state index >= 15 is 0 Å². The van der Waals surface area contributed by atoms with Crippen LogP contribution in [-0.2, 0) is 32.8 Å². The first-order valence-electron chi connectivity index (χ1n) is 14.0. The van der Waals surface area contributed by atoms with Crippen LogP contribution in [0.5, 0.6) is 0 Å². The highest BCUT2D eigenvalue weighted by molar-refractivity contribution is 6.30. The summed E-state index contributed by atoms with van der Waals surface area (Å²) >= 11 is 5.89. The minimum Gasteiger partial charge on any atom is -0.481 e. The first-order valence-corrected chi connectivity index (χ1v) is 14.3. The van der Waals surface area contributed by atoms with Crippen LogP contribution in [0, 0.1) is 5.82 Å². The van der Waals surface area contributed by atoms with E-state index in [9.17, 15) is 19.1 Å². The zero-order chi connectivity index (χ0) is 30.6. The van der Waals surface area contributed by atoms with Crippen molar-refractivity contribution in [3.8, 4) is 16.8 Å². The van der Waals surface area contributed by atoms with Gasteiger partial charge in [-0.2, -0.15) is 5.10 Å². The quantitative estimate of drug-likeness (QED) is 0.173. The molecule has 0 bridgehead atoms. The van der Waals surface area contributed by atoms with Crippen molar-refractivity contribution in [3.63, 3.8) is 0 Å². The van der Waals surface area contributed by atoms with Crippen LogP contribution in [0.1, 0.15) is 43.1 Å². The molecule has 222 valence electrons. The van der Waals surface area contributed by atoms with Crippen molar-refractivity contribution in [2.45, 2.75) is 44.6 Å². The third kappa shape index (κ3) is 6.63. The van der Waals surface area contributed by atoms with Gasteiger partial charge in [0.15, 0.2) is 0 Å². The van der Waals surface area contributed by atoms with Crippen molar-refractivity contribution in [3.05, 3.63) is 107 Å². The highest BCUT2D eigenvalue weighted by atomic mass is 35.5. The Balaban J connectivity index is 0.000000173. The average molecular weight is 604 g/mol. The molecule has 2 aromatic heterocycles. The molecule has 3 aromatic carbocycles. The highest BCUT2D eigenvalue weighted by Gasteiger charge is 2.41. The summed E-state index contributed by atoms with van der Waals surface area (Å²) in [6.45, 7) is 2.64. The Hall–Kier alpha value is -4.47. The summed E-state index contributed by atoms with van der Waals surface area (Å²) in [5.74, 6) is -2.13. The maximum absolute atomic E-state index is 13.0. The molecule has 0 saturated heterocycles. The van der Waals surface area contributed by atoms with Gasteiger partial charge >= 0.3 is 11.9 Å². The third-order valence-electron chi connectivity index (χ3n) is 7.45. The number of carboxylic acids is 2. The highest BCUT2D eigenvalue weighted by Crippen LogP contribution is 2.42. The predicted molar refractivity (Wildman–Crippen MR) is 162 cm³/mol. The van der Waals surface area contributed by atoms with Gasteiger partial charge in [0.1, 0.15) is 11.4 Å². The number of para-hydroxylation sites is 1. The smallest absolute Gasteiger partial charge is 0.309 e. The lowest BCUT2D eigenvalue weighted by atomic mass is 9.85. The molecule has 0 amide bonds. The molecule has 10 heteroatoms. The molecule has 0 aliphatic carbocycles. The number of nitrogens with zero attached hydrogens (tertiary/aromatic N) is 2. The fourth-order valence-electron chi connectivity index (χ4n) is 5.62. The van der Waals surface area contributed by atoms with Crippen molar-refractivity contribution in [1.82, 2.24) is 14.8 Å². The normalized spacial score (nSPS) is 15.9. The number of fused-ring (bicyclic) bond motifs is 3. The minimum atomic E-state index is -0.968. The number of carboxylic acid groups (broad SMARTS) is 2. The summed E-state index contributed by atoms with van der Waals surface area (Å²) in [6.07, 6.45) is 3.99. The Morgan fingerprint density at radius 1 is 1.05 bits per heavy atom. The Morgan fingerprint density at radius 2 is 1.77 bits per heavy atom. The molecule has 0 radical (unpaired) electrons. The van der Waals surface area contributed by atoms with Crippen LogP contribution in [0.4, 0.5) is 4.39 Å². The maximum Gasteiger partial charge on any atom is 0.309 e. The van der Waals surface area contributed by atoms with Gasteiger partial charge in [-0.05, 0) is 66.4 Å². The Bertz CT molecular complexity index is 1750. The van der Waals surface area contributed by atoms with Crippen molar-refractivity contribution < 1.29 is 28.9 Å². The van der Waals surface area contributed by atoms with Gasteiger partial charge in [-0.15, -0.1) is 0 Å². The van der Waals surface area contributed by atoms with Crippen molar-refractivity contribution in [2.75, 3.05) is 6.61 Å². The van der Waals surface area contributed by atoms with Gasteiger partial charge in [0.2, 0.25) is 0 Å². The van der Waals surface area contributed by atoms with Crippen molar-refractivity contribution in [2.24, 2.45) is 0 Å². The molecule has 1 unspecified atom stereocenters. The van der Waals surface area contributed by atoms with E-state index in [1.54, 1.807) is 47.3 Å². The van der Waals surface area contributed by atoms with Crippen molar-refractivity contribution in [1.29, 1.82) is 0 Å². The van der Waals surface area contributed by atoms with Crippen LogP contribution in [0.15, 0.2) is 79.0 Å². The van der Waals surface area contributed by atoms with E-state index in [4.69, 9.17) is 21.4 Å². The third-order valence-corrected chi connectivity index (χ3v) is 7.70. The molecule has 0 saturated carbocycles. The summed E-state index contributed by atoms with van der Waals surface area (Å²) in [5, 5.41) is 24.5. The Labute approximate surface area is 252 Å². The van der Waals surface area contributed by atoms with Gasteiger partial charge in [0, 0.05) is 27.7 Å². The second-order valence-electron chi connectivity index (χ2n) is 10.4. The molecule has 3 heterocycles. The Kier molecular flexibility index (Phi) is 8.94. The number of carbonyl (C=O) groups is 2. The summed E-state index contributed by atoms with van der Waals surface area (Å²) in [5.41, 5.74) is 5.16. The molecular weight excluding hydrogens is 573 g/mol. The first kappa shape index (κ1) is 30.0. The fraction of sp³-hybridized carbons (Fsp3) is 0.242. The lowest BCUT2D eigenvalue weighted by molar-refractivity contribution is -0.149. The van der Waals surface area contributed by atoms with Crippen LogP contribution in [-0.4, -0.2) is 43.5 Å². The summed E-state index contributed by atoms with van der Waals surface area (Å²) in [7, 11) is 0. The van der Waals surface area contributed by atoms with E-state index in [0.29, 0.717) is 28.6 Å². The average Bonchev–Trinajstić information content (AvgIpc) is 3.56. The molecule has 6 rings (SSSR count). The van der Waals surface area contributed by atoms with E-state index in [0.717, 1.165) is 36.0 Å². The van der Waals surface area contributed by atoms with Gasteiger partial charge in [0.25, 0.3) is 0 Å². The number of aromatic amines is 1. The molecule has 3 N–H and O–H groups in total.